The smallest absolute Gasteiger partial charge is 0.336 e. The number of carbonyl (C=O) groups is 3. The van der Waals surface area contributed by atoms with Gasteiger partial charge in [0.05, 0.1) is 16.6 Å². The first-order valence-corrected chi connectivity index (χ1v) is 7.28. The van der Waals surface area contributed by atoms with E-state index in [-0.39, 0.29) is 22.6 Å². The molecule has 8 nitrogen and oxygen atoms in total. The Bertz CT molecular complexity index is 834. The van der Waals surface area contributed by atoms with Crippen LogP contribution < -0.4 is 11.1 Å². The molecule has 0 aliphatic heterocycles. The third kappa shape index (κ3) is 2.90. The van der Waals surface area contributed by atoms with Gasteiger partial charge in [-0.25, -0.2) is 4.79 Å². The Labute approximate surface area is 138 Å². The summed E-state index contributed by atoms with van der Waals surface area (Å²) in [5.41, 5.74) is 4.21. The molecule has 1 atom stereocenters. The van der Waals surface area contributed by atoms with Gasteiger partial charge < -0.3 is 16.2 Å². The number of carboxylic acid groups (broad SMARTS) is 1. The molecule has 0 bridgehead atoms. The molecular formula is C16H18N4O4. The quantitative estimate of drug-likeness (QED) is 0.747. The van der Waals surface area contributed by atoms with Crippen molar-refractivity contribution in [2.75, 3.05) is 0 Å². The van der Waals surface area contributed by atoms with Gasteiger partial charge in [0.25, 0.3) is 5.91 Å². The number of aromatic nitrogens is 2. The summed E-state index contributed by atoms with van der Waals surface area (Å²) in [5, 5.41) is 11.9. The first-order chi connectivity index (χ1) is 11.2. The first kappa shape index (κ1) is 17.3. The molecule has 1 aromatic heterocycles. The molecule has 2 aromatic rings. The zero-order valence-corrected chi connectivity index (χ0v) is 13.5. The van der Waals surface area contributed by atoms with Gasteiger partial charge >= 0.3 is 5.97 Å². The zero-order chi connectivity index (χ0) is 18.1. The summed E-state index contributed by atoms with van der Waals surface area (Å²) in [5.74, 6) is -3.03. The van der Waals surface area contributed by atoms with Crippen LogP contribution in [0.2, 0.25) is 0 Å². The molecule has 2 amide bonds. The van der Waals surface area contributed by atoms with Crippen LogP contribution in [0.4, 0.5) is 0 Å². The third-order valence-electron chi connectivity index (χ3n) is 4.14. The Morgan fingerprint density at radius 2 is 1.83 bits per heavy atom. The fraction of sp³-hybridized carbons (Fsp3) is 0.312. The maximum absolute atomic E-state index is 12.8. The zero-order valence-electron chi connectivity index (χ0n) is 13.5. The van der Waals surface area contributed by atoms with Crippen molar-refractivity contribution in [2.24, 2.45) is 11.7 Å². The molecule has 0 radical (unpaired) electrons. The van der Waals surface area contributed by atoms with E-state index in [1.54, 1.807) is 13.8 Å². The lowest BCUT2D eigenvalue weighted by Gasteiger charge is -2.31. The fourth-order valence-electron chi connectivity index (χ4n) is 2.23. The predicted molar refractivity (Wildman–Crippen MR) is 86.4 cm³/mol. The maximum atomic E-state index is 12.8. The van der Waals surface area contributed by atoms with Crippen molar-refractivity contribution in [3.8, 4) is 0 Å². The molecule has 0 saturated heterocycles. The van der Waals surface area contributed by atoms with E-state index >= 15 is 0 Å². The molecule has 1 heterocycles. The number of rotatable bonds is 5. The monoisotopic (exact) mass is 330 g/mol. The summed E-state index contributed by atoms with van der Waals surface area (Å²) in [6.07, 6.45) is 2.80. The Hall–Kier alpha value is -3.03. The predicted octanol–water partition coefficient (Wildman–Crippen LogP) is 0.958. The summed E-state index contributed by atoms with van der Waals surface area (Å²) in [6.45, 7) is 4.95. The Kier molecular flexibility index (Phi) is 4.50. The highest BCUT2D eigenvalue weighted by atomic mass is 16.4. The number of nitrogens with one attached hydrogen (secondary N) is 1. The number of hydrogen-bond donors (Lipinski definition) is 3. The number of amides is 2. The highest BCUT2D eigenvalue weighted by Crippen LogP contribution is 2.22. The second-order valence-electron chi connectivity index (χ2n) is 5.89. The number of nitrogens with zero attached hydrogens (tertiary/aromatic N) is 2. The Morgan fingerprint density at radius 3 is 2.38 bits per heavy atom. The van der Waals surface area contributed by atoms with Crippen LogP contribution in [-0.2, 0) is 4.79 Å². The number of fused-ring (bicyclic) bond motifs is 1. The molecule has 126 valence electrons. The molecule has 0 saturated carbocycles. The molecule has 1 aromatic carbocycles. The summed E-state index contributed by atoms with van der Waals surface area (Å²) in [6, 6.07) is 2.75. The molecule has 24 heavy (non-hydrogen) atoms. The van der Waals surface area contributed by atoms with Crippen molar-refractivity contribution in [1.82, 2.24) is 15.3 Å². The molecule has 0 fully saturated rings. The van der Waals surface area contributed by atoms with Gasteiger partial charge in [0.15, 0.2) is 0 Å². The van der Waals surface area contributed by atoms with E-state index in [1.807, 2.05) is 0 Å². The minimum absolute atomic E-state index is 0.144. The maximum Gasteiger partial charge on any atom is 0.336 e. The fourth-order valence-corrected chi connectivity index (χ4v) is 2.23. The van der Waals surface area contributed by atoms with Gasteiger partial charge in [0, 0.05) is 12.4 Å². The van der Waals surface area contributed by atoms with Crippen molar-refractivity contribution >= 4 is 28.8 Å². The number of carboxylic acids is 1. The Balaban J connectivity index is 2.62. The van der Waals surface area contributed by atoms with Crippen LogP contribution in [0.5, 0.6) is 0 Å². The Morgan fingerprint density at radius 1 is 1.21 bits per heavy atom. The first-order valence-electron chi connectivity index (χ1n) is 7.28. The molecule has 1 unspecified atom stereocenters. The second kappa shape index (κ2) is 6.23. The highest BCUT2D eigenvalue weighted by molar-refractivity contribution is 6.13. The second-order valence-corrected chi connectivity index (χ2v) is 5.89. The lowest BCUT2D eigenvalue weighted by atomic mass is 9.87. The number of primary amides is 1. The highest BCUT2D eigenvalue weighted by Gasteiger charge is 2.37. The van der Waals surface area contributed by atoms with Crippen LogP contribution in [0.25, 0.3) is 11.0 Å². The molecule has 0 aliphatic carbocycles. The van der Waals surface area contributed by atoms with E-state index in [1.165, 1.54) is 31.5 Å². The van der Waals surface area contributed by atoms with Gasteiger partial charge in [0.2, 0.25) is 5.91 Å². The average Bonchev–Trinajstić information content (AvgIpc) is 2.52. The molecule has 0 spiro atoms. The van der Waals surface area contributed by atoms with Crippen LogP contribution in [0.3, 0.4) is 0 Å². The van der Waals surface area contributed by atoms with E-state index in [0.717, 1.165) is 0 Å². The molecular weight excluding hydrogens is 312 g/mol. The van der Waals surface area contributed by atoms with E-state index in [0.29, 0.717) is 5.52 Å². The minimum atomic E-state index is -1.34. The van der Waals surface area contributed by atoms with E-state index in [2.05, 4.69) is 15.3 Å². The van der Waals surface area contributed by atoms with Crippen molar-refractivity contribution in [3.05, 3.63) is 35.7 Å². The lowest BCUT2D eigenvalue weighted by molar-refractivity contribution is -0.125. The molecule has 8 heteroatoms. The van der Waals surface area contributed by atoms with Crippen LogP contribution >= 0.6 is 0 Å². The average molecular weight is 330 g/mol. The van der Waals surface area contributed by atoms with Crippen LogP contribution in [-0.4, -0.2) is 38.4 Å². The van der Waals surface area contributed by atoms with Crippen molar-refractivity contribution in [1.29, 1.82) is 0 Å². The van der Waals surface area contributed by atoms with Crippen molar-refractivity contribution in [3.63, 3.8) is 0 Å². The van der Waals surface area contributed by atoms with Gasteiger partial charge in [0.1, 0.15) is 11.1 Å². The van der Waals surface area contributed by atoms with Gasteiger partial charge in [-0.3, -0.25) is 19.6 Å². The van der Waals surface area contributed by atoms with Gasteiger partial charge in [-0.1, -0.05) is 13.8 Å². The van der Waals surface area contributed by atoms with E-state index in [9.17, 15) is 19.5 Å². The van der Waals surface area contributed by atoms with Crippen molar-refractivity contribution < 1.29 is 19.5 Å². The number of benzene rings is 1. The number of nitrogens with two attached hydrogens (primary N) is 1. The molecule has 2 rings (SSSR count). The number of hydrogen-bond acceptors (Lipinski definition) is 5. The SMILES string of the molecule is CC(C)C(C)(NC(=O)c1c(C(=O)O)ccc2nccnc12)C(N)=O. The van der Waals surface area contributed by atoms with E-state index < -0.39 is 23.3 Å². The normalized spacial score (nSPS) is 13.5. The van der Waals surface area contributed by atoms with E-state index in [4.69, 9.17) is 5.73 Å². The molecule has 4 N–H and O–H groups in total. The lowest BCUT2D eigenvalue weighted by Crippen LogP contribution is -2.58. The standard InChI is InChI=1S/C16H18N4O4/c1-8(2)16(3,15(17)24)20-13(21)11-9(14(22)23)4-5-10-12(11)19-7-6-18-10/h4-8H,1-3H3,(H2,17,24)(H,20,21)(H,22,23). The van der Waals surface area contributed by atoms with Gasteiger partial charge in [-0.2, -0.15) is 0 Å². The van der Waals surface area contributed by atoms with Crippen LogP contribution in [0.1, 0.15) is 41.5 Å². The topological polar surface area (TPSA) is 135 Å². The summed E-state index contributed by atoms with van der Waals surface area (Å²) in [7, 11) is 0. The molecule has 0 aliphatic rings. The summed E-state index contributed by atoms with van der Waals surface area (Å²) < 4.78 is 0. The minimum Gasteiger partial charge on any atom is -0.478 e. The largest absolute Gasteiger partial charge is 0.478 e. The van der Waals surface area contributed by atoms with Gasteiger partial charge in [-0.05, 0) is 25.0 Å². The number of aromatic carboxylic acids is 1. The van der Waals surface area contributed by atoms with Crippen molar-refractivity contribution in [2.45, 2.75) is 26.3 Å². The number of carbonyl (C=O) groups excluding carboxylic acids is 2. The third-order valence-corrected chi connectivity index (χ3v) is 4.14. The summed E-state index contributed by atoms with van der Waals surface area (Å²) in [4.78, 5) is 44.1. The van der Waals surface area contributed by atoms with Gasteiger partial charge in [-0.15, -0.1) is 0 Å². The van der Waals surface area contributed by atoms with Crippen LogP contribution in [0, 0.1) is 5.92 Å². The summed E-state index contributed by atoms with van der Waals surface area (Å²) >= 11 is 0. The van der Waals surface area contributed by atoms with Crippen LogP contribution in [0.15, 0.2) is 24.5 Å².